The van der Waals surface area contributed by atoms with Crippen LogP contribution in [0.25, 0.3) is 0 Å². The number of benzene rings is 2. The second kappa shape index (κ2) is 5.21. The molecule has 0 saturated carbocycles. The number of rotatable bonds is 2. The predicted octanol–water partition coefficient (Wildman–Crippen LogP) is 3.21. The van der Waals surface area contributed by atoms with E-state index in [-0.39, 0.29) is 6.04 Å². The molecule has 104 valence electrons. The Morgan fingerprint density at radius 1 is 1.10 bits per heavy atom. The first-order valence-corrected chi connectivity index (χ1v) is 6.54. The van der Waals surface area contributed by atoms with Gasteiger partial charge in [0.15, 0.2) is 0 Å². The Hall–Kier alpha value is -1.94. The van der Waals surface area contributed by atoms with E-state index in [9.17, 15) is 8.78 Å². The highest BCUT2D eigenvalue weighted by molar-refractivity contribution is 5.43. The summed E-state index contributed by atoms with van der Waals surface area (Å²) in [7, 11) is 1.62. The fourth-order valence-electron chi connectivity index (χ4n) is 2.68. The fourth-order valence-corrected chi connectivity index (χ4v) is 2.68. The zero-order chi connectivity index (χ0) is 14.1. The van der Waals surface area contributed by atoms with Crippen LogP contribution < -0.4 is 10.1 Å². The SMILES string of the molecule is COc1ccc2c(c1)CCNC2c1ccc(F)cc1F. The number of nitrogens with one attached hydrogen (secondary N) is 1. The van der Waals surface area contributed by atoms with Crippen LogP contribution in [0.2, 0.25) is 0 Å². The molecule has 0 aromatic heterocycles. The maximum absolute atomic E-state index is 14.0. The van der Waals surface area contributed by atoms with Crippen LogP contribution in [0.1, 0.15) is 22.7 Å². The second-order valence-electron chi connectivity index (χ2n) is 4.87. The lowest BCUT2D eigenvalue weighted by molar-refractivity contribution is 0.413. The molecule has 2 nitrogen and oxygen atoms in total. The molecule has 4 heteroatoms. The summed E-state index contributed by atoms with van der Waals surface area (Å²) in [5, 5.41) is 3.29. The van der Waals surface area contributed by atoms with Gasteiger partial charge in [-0.25, -0.2) is 8.78 Å². The van der Waals surface area contributed by atoms with Crippen LogP contribution in [-0.4, -0.2) is 13.7 Å². The lowest BCUT2D eigenvalue weighted by Gasteiger charge is -2.28. The summed E-state index contributed by atoms with van der Waals surface area (Å²) in [5.74, 6) is -0.285. The van der Waals surface area contributed by atoms with Crippen molar-refractivity contribution in [2.75, 3.05) is 13.7 Å². The number of hydrogen-bond donors (Lipinski definition) is 1. The maximum atomic E-state index is 14.0. The van der Waals surface area contributed by atoms with Crippen LogP contribution in [0.3, 0.4) is 0 Å². The molecule has 0 amide bonds. The summed E-state index contributed by atoms with van der Waals surface area (Å²) in [6.07, 6.45) is 0.867. The summed E-state index contributed by atoms with van der Waals surface area (Å²) in [5.41, 5.74) is 2.62. The third-order valence-electron chi connectivity index (χ3n) is 3.68. The average molecular weight is 275 g/mol. The minimum atomic E-state index is -0.558. The van der Waals surface area contributed by atoms with Crippen LogP contribution in [0.4, 0.5) is 8.78 Å². The van der Waals surface area contributed by atoms with Crippen molar-refractivity contribution in [3.63, 3.8) is 0 Å². The quantitative estimate of drug-likeness (QED) is 0.908. The molecule has 1 aliphatic heterocycles. The normalized spacial score (nSPS) is 17.6. The maximum Gasteiger partial charge on any atom is 0.131 e. The van der Waals surface area contributed by atoms with Gasteiger partial charge >= 0.3 is 0 Å². The highest BCUT2D eigenvalue weighted by atomic mass is 19.1. The molecule has 0 bridgehead atoms. The molecule has 0 aliphatic carbocycles. The van der Waals surface area contributed by atoms with E-state index >= 15 is 0 Å². The Kier molecular flexibility index (Phi) is 3.40. The predicted molar refractivity (Wildman–Crippen MR) is 72.9 cm³/mol. The van der Waals surface area contributed by atoms with E-state index in [1.807, 2.05) is 18.2 Å². The minimum Gasteiger partial charge on any atom is -0.497 e. The number of hydrogen-bond acceptors (Lipinski definition) is 2. The highest BCUT2D eigenvalue weighted by Gasteiger charge is 2.24. The van der Waals surface area contributed by atoms with Crippen LogP contribution in [0.15, 0.2) is 36.4 Å². The summed E-state index contributed by atoms with van der Waals surface area (Å²) >= 11 is 0. The van der Waals surface area contributed by atoms with E-state index in [1.54, 1.807) is 7.11 Å². The molecule has 1 unspecified atom stereocenters. The lowest BCUT2D eigenvalue weighted by Crippen LogP contribution is -2.31. The van der Waals surface area contributed by atoms with Gasteiger partial charge in [-0.15, -0.1) is 0 Å². The van der Waals surface area contributed by atoms with Gasteiger partial charge in [0.05, 0.1) is 13.2 Å². The van der Waals surface area contributed by atoms with Gasteiger partial charge in [-0.05, 0) is 35.7 Å². The Balaban J connectivity index is 2.05. The van der Waals surface area contributed by atoms with E-state index < -0.39 is 11.6 Å². The summed E-state index contributed by atoms with van der Waals surface area (Å²) in [6.45, 7) is 0.752. The van der Waals surface area contributed by atoms with Gasteiger partial charge in [-0.1, -0.05) is 12.1 Å². The van der Waals surface area contributed by atoms with E-state index in [0.29, 0.717) is 5.56 Å². The van der Waals surface area contributed by atoms with Crippen molar-refractivity contribution in [1.29, 1.82) is 0 Å². The lowest BCUT2D eigenvalue weighted by atomic mass is 9.89. The third kappa shape index (κ3) is 2.27. The Morgan fingerprint density at radius 2 is 1.90 bits per heavy atom. The first-order valence-electron chi connectivity index (χ1n) is 6.54. The van der Waals surface area contributed by atoms with Crippen molar-refractivity contribution >= 4 is 0 Å². The van der Waals surface area contributed by atoms with Gasteiger partial charge in [-0.3, -0.25) is 0 Å². The second-order valence-corrected chi connectivity index (χ2v) is 4.87. The minimum absolute atomic E-state index is 0.245. The molecule has 2 aromatic rings. The first-order chi connectivity index (χ1) is 9.69. The van der Waals surface area contributed by atoms with E-state index in [1.165, 1.54) is 12.1 Å². The third-order valence-corrected chi connectivity index (χ3v) is 3.68. The van der Waals surface area contributed by atoms with Crippen molar-refractivity contribution in [2.24, 2.45) is 0 Å². The average Bonchev–Trinajstić information content (AvgIpc) is 2.46. The molecular formula is C16H15F2NO. The molecule has 2 aromatic carbocycles. The summed E-state index contributed by atoms with van der Waals surface area (Å²) < 4.78 is 32.2. The molecular weight excluding hydrogens is 260 g/mol. The summed E-state index contributed by atoms with van der Waals surface area (Å²) in [4.78, 5) is 0. The van der Waals surface area contributed by atoms with Crippen LogP contribution >= 0.6 is 0 Å². The fraction of sp³-hybridized carbons (Fsp3) is 0.250. The Bertz CT molecular complexity index is 642. The molecule has 0 fully saturated rings. The van der Waals surface area contributed by atoms with E-state index in [2.05, 4.69) is 5.32 Å². The molecule has 1 N–H and O–H groups in total. The van der Waals surface area contributed by atoms with Gasteiger partial charge < -0.3 is 10.1 Å². The molecule has 20 heavy (non-hydrogen) atoms. The van der Waals surface area contributed by atoms with Gasteiger partial charge in [0.1, 0.15) is 17.4 Å². The van der Waals surface area contributed by atoms with Crippen molar-refractivity contribution in [2.45, 2.75) is 12.5 Å². The van der Waals surface area contributed by atoms with Crippen LogP contribution in [0.5, 0.6) is 5.75 Å². The molecule has 0 saturated heterocycles. The number of fused-ring (bicyclic) bond motifs is 1. The smallest absolute Gasteiger partial charge is 0.131 e. The first kappa shape index (κ1) is 13.1. The van der Waals surface area contributed by atoms with E-state index in [4.69, 9.17) is 4.74 Å². The zero-order valence-electron chi connectivity index (χ0n) is 11.1. The standard InChI is InChI=1S/C16H15F2NO/c1-20-12-3-5-13-10(8-12)6-7-19-16(13)14-4-2-11(17)9-15(14)18/h2-5,8-9,16,19H,6-7H2,1H3. The molecule has 1 heterocycles. The number of halogens is 2. The highest BCUT2D eigenvalue weighted by Crippen LogP contribution is 2.32. The van der Waals surface area contributed by atoms with E-state index in [0.717, 1.165) is 35.9 Å². The molecule has 0 radical (unpaired) electrons. The number of ether oxygens (including phenoxy) is 1. The van der Waals surface area contributed by atoms with Crippen LogP contribution in [-0.2, 0) is 6.42 Å². The summed E-state index contributed by atoms with van der Waals surface area (Å²) in [6, 6.07) is 9.25. The molecule has 0 spiro atoms. The van der Waals surface area contributed by atoms with Gasteiger partial charge in [-0.2, -0.15) is 0 Å². The van der Waals surface area contributed by atoms with Gasteiger partial charge in [0.2, 0.25) is 0 Å². The van der Waals surface area contributed by atoms with Crippen molar-refractivity contribution in [3.8, 4) is 5.75 Å². The monoisotopic (exact) mass is 275 g/mol. The van der Waals surface area contributed by atoms with Crippen molar-refractivity contribution in [3.05, 3.63) is 64.7 Å². The van der Waals surface area contributed by atoms with Crippen LogP contribution in [0, 0.1) is 11.6 Å². The topological polar surface area (TPSA) is 21.3 Å². The largest absolute Gasteiger partial charge is 0.497 e. The van der Waals surface area contributed by atoms with Gasteiger partial charge in [0.25, 0.3) is 0 Å². The Labute approximate surface area is 116 Å². The molecule has 3 rings (SSSR count). The zero-order valence-corrected chi connectivity index (χ0v) is 11.1. The Morgan fingerprint density at radius 3 is 2.65 bits per heavy atom. The molecule has 1 atom stereocenters. The van der Waals surface area contributed by atoms with Gasteiger partial charge in [0, 0.05) is 18.2 Å². The van der Waals surface area contributed by atoms with Crippen molar-refractivity contribution in [1.82, 2.24) is 5.32 Å². The number of methoxy groups -OCH3 is 1. The molecule has 1 aliphatic rings. The van der Waals surface area contributed by atoms with Crippen molar-refractivity contribution < 1.29 is 13.5 Å².